The van der Waals surface area contributed by atoms with E-state index in [9.17, 15) is 4.79 Å². The Hall–Kier alpha value is -1.59. The van der Waals surface area contributed by atoms with Gasteiger partial charge >= 0.3 is 6.03 Å². The molecular formula is C16H25N3O2. The van der Waals surface area contributed by atoms with E-state index in [0.29, 0.717) is 13.1 Å². The van der Waals surface area contributed by atoms with Gasteiger partial charge in [0.25, 0.3) is 0 Å². The fraction of sp³-hybridized carbons (Fsp3) is 0.562. The highest BCUT2D eigenvalue weighted by Crippen LogP contribution is 2.20. The van der Waals surface area contributed by atoms with E-state index < -0.39 is 0 Å². The van der Waals surface area contributed by atoms with Gasteiger partial charge in [-0.15, -0.1) is 0 Å². The van der Waals surface area contributed by atoms with Gasteiger partial charge in [-0.2, -0.15) is 0 Å². The number of nitrogens with zero attached hydrogens (tertiary/aromatic N) is 1. The topological polar surface area (TPSA) is 64.6 Å². The van der Waals surface area contributed by atoms with Crippen LogP contribution in [0.4, 0.5) is 10.5 Å². The quantitative estimate of drug-likeness (QED) is 0.779. The number of benzene rings is 1. The lowest BCUT2D eigenvalue weighted by molar-refractivity contribution is 0.209. The largest absolute Gasteiger partial charge is 0.396 e. The summed E-state index contributed by atoms with van der Waals surface area (Å²) in [6, 6.07) is 8.10. The highest BCUT2D eigenvalue weighted by Gasteiger charge is 2.25. The van der Waals surface area contributed by atoms with Crippen LogP contribution in [0.1, 0.15) is 31.9 Å². The zero-order chi connectivity index (χ0) is 15.2. The molecule has 2 rings (SSSR count). The second-order valence-corrected chi connectivity index (χ2v) is 5.62. The van der Waals surface area contributed by atoms with E-state index in [2.05, 4.69) is 30.5 Å². The van der Waals surface area contributed by atoms with Crippen LogP contribution in [0.2, 0.25) is 0 Å². The molecule has 0 aliphatic carbocycles. The maximum Gasteiger partial charge on any atom is 0.321 e. The summed E-state index contributed by atoms with van der Waals surface area (Å²) in [6.07, 6.45) is 0.876. The van der Waals surface area contributed by atoms with Gasteiger partial charge in [0, 0.05) is 37.3 Å². The minimum absolute atomic E-state index is 0.0841. The van der Waals surface area contributed by atoms with Crippen LogP contribution < -0.4 is 10.6 Å². The predicted molar refractivity (Wildman–Crippen MR) is 84.3 cm³/mol. The van der Waals surface area contributed by atoms with Crippen LogP contribution in [0.15, 0.2) is 24.3 Å². The van der Waals surface area contributed by atoms with Gasteiger partial charge in [-0.05, 0) is 37.6 Å². The maximum absolute atomic E-state index is 12.2. The summed E-state index contributed by atoms with van der Waals surface area (Å²) in [6.45, 7) is 6.59. The standard InChI is InChI=1S/C16H25N3O2/c1-3-17-12(2)14-5-4-6-15(9-14)18-16(21)19-8-7-13(10-19)11-20/h4-6,9,12-13,17,20H,3,7-8,10-11H2,1-2H3,(H,18,21). The summed E-state index contributed by atoms with van der Waals surface area (Å²) in [7, 11) is 0. The molecule has 1 aromatic rings. The van der Waals surface area contributed by atoms with E-state index >= 15 is 0 Å². The number of hydrogen-bond donors (Lipinski definition) is 3. The zero-order valence-electron chi connectivity index (χ0n) is 12.8. The van der Waals surface area contributed by atoms with Crippen molar-refractivity contribution in [2.24, 2.45) is 5.92 Å². The zero-order valence-corrected chi connectivity index (χ0v) is 12.8. The number of nitrogens with one attached hydrogen (secondary N) is 2. The monoisotopic (exact) mass is 291 g/mol. The van der Waals surface area contributed by atoms with E-state index in [1.807, 2.05) is 18.2 Å². The van der Waals surface area contributed by atoms with Gasteiger partial charge in [-0.3, -0.25) is 0 Å². The smallest absolute Gasteiger partial charge is 0.321 e. The first kappa shape index (κ1) is 15.8. The van der Waals surface area contributed by atoms with Gasteiger partial charge in [-0.25, -0.2) is 4.79 Å². The molecule has 0 aromatic heterocycles. The minimum Gasteiger partial charge on any atom is -0.396 e. The Kier molecular flexibility index (Phi) is 5.59. The molecule has 116 valence electrons. The van der Waals surface area contributed by atoms with E-state index in [1.54, 1.807) is 4.90 Å². The van der Waals surface area contributed by atoms with Crippen molar-refractivity contribution in [2.75, 3.05) is 31.6 Å². The predicted octanol–water partition coefficient (Wildman–Crippen LogP) is 2.20. The first-order valence-electron chi connectivity index (χ1n) is 7.64. The molecule has 1 heterocycles. The van der Waals surface area contributed by atoms with Gasteiger partial charge in [0.15, 0.2) is 0 Å². The molecule has 2 amide bonds. The lowest BCUT2D eigenvalue weighted by Crippen LogP contribution is -2.33. The van der Waals surface area contributed by atoms with Crippen LogP contribution in [0, 0.1) is 5.92 Å². The molecule has 1 saturated heterocycles. The van der Waals surface area contributed by atoms with Crippen molar-refractivity contribution in [3.63, 3.8) is 0 Å². The van der Waals surface area contributed by atoms with Gasteiger partial charge < -0.3 is 20.6 Å². The fourth-order valence-electron chi connectivity index (χ4n) is 2.68. The van der Waals surface area contributed by atoms with Crippen molar-refractivity contribution in [2.45, 2.75) is 26.3 Å². The number of aliphatic hydroxyl groups is 1. The summed E-state index contributed by atoms with van der Waals surface area (Å²) in [5.74, 6) is 0.218. The van der Waals surface area contributed by atoms with Gasteiger partial charge in [0.2, 0.25) is 0 Å². The molecule has 3 N–H and O–H groups in total. The van der Waals surface area contributed by atoms with Crippen LogP contribution in [-0.4, -0.2) is 42.3 Å². The van der Waals surface area contributed by atoms with Crippen LogP contribution in [0.25, 0.3) is 0 Å². The second kappa shape index (κ2) is 7.43. The Morgan fingerprint density at radius 1 is 1.52 bits per heavy atom. The number of rotatable bonds is 5. The molecule has 1 fully saturated rings. The van der Waals surface area contributed by atoms with Crippen LogP contribution in [-0.2, 0) is 0 Å². The van der Waals surface area contributed by atoms with Crippen LogP contribution >= 0.6 is 0 Å². The Bertz CT molecular complexity index is 478. The molecule has 0 radical (unpaired) electrons. The molecule has 1 aromatic carbocycles. The third-order valence-electron chi connectivity index (χ3n) is 3.98. The summed E-state index contributed by atoms with van der Waals surface area (Å²) in [5, 5.41) is 15.4. The van der Waals surface area contributed by atoms with E-state index in [0.717, 1.165) is 24.2 Å². The molecule has 1 aliphatic heterocycles. The third kappa shape index (κ3) is 4.19. The number of anilines is 1. The molecule has 5 nitrogen and oxygen atoms in total. The number of amides is 2. The van der Waals surface area contributed by atoms with Crippen molar-refractivity contribution in [1.82, 2.24) is 10.2 Å². The molecule has 0 saturated carbocycles. The van der Waals surface area contributed by atoms with E-state index in [1.165, 1.54) is 0 Å². The minimum atomic E-state index is -0.0841. The highest BCUT2D eigenvalue weighted by atomic mass is 16.3. The van der Waals surface area contributed by atoms with Crippen molar-refractivity contribution in [1.29, 1.82) is 0 Å². The number of carbonyl (C=O) groups is 1. The normalized spacial score (nSPS) is 19.6. The molecule has 0 spiro atoms. The molecule has 2 atom stereocenters. The first-order valence-corrected chi connectivity index (χ1v) is 7.64. The molecule has 21 heavy (non-hydrogen) atoms. The van der Waals surface area contributed by atoms with Crippen molar-refractivity contribution in [3.8, 4) is 0 Å². The first-order chi connectivity index (χ1) is 10.1. The average molecular weight is 291 g/mol. The molecule has 0 bridgehead atoms. The average Bonchev–Trinajstić information content (AvgIpc) is 2.97. The number of hydrogen-bond acceptors (Lipinski definition) is 3. The van der Waals surface area contributed by atoms with E-state index in [4.69, 9.17) is 5.11 Å². The van der Waals surface area contributed by atoms with Gasteiger partial charge in [-0.1, -0.05) is 19.1 Å². The number of urea groups is 1. The maximum atomic E-state index is 12.2. The molecule has 2 unspecified atom stereocenters. The SMILES string of the molecule is CCNC(C)c1cccc(NC(=O)N2CCC(CO)C2)c1. The summed E-state index contributed by atoms with van der Waals surface area (Å²) >= 11 is 0. The molecule has 5 heteroatoms. The summed E-state index contributed by atoms with van der Waals surface area (Å²) in [5.41, 5.74) is 1.97. The van der Waals surface area contributed by atoms with Crippen molar-refractivity contribution >= 4 is 11.7 Å². The lowest BCUT2D eigenvalue weighted by Gasteiger charge is -2.18. The Balaban J connectivity index is 1.96. The second-order valence-electron chi connectivity index (χ2n) is 5.62. The van der Waals surface area contributed by atoms with Gasteiger partial charge in [0.05, 0.1) is 0 Å². The summed E-state index contributed by atoms with van der Waals surface area (Å²) < 4.78 is 0. The number of carbonyl (C=O) groups excluding carboxylic acids is 1. The van der Waals surface area contributed by atoms with Crippen LogP contribution in [0.5, 0.6) is 0 Å². The van der Waals surface area contributed by atoms with Gasteiger partial charge in [0.1, 0.15) is 0 Å². The van der Waals surface area contributed by atoms with Crippen molar-refractivity contribution < 1.29 is 9.90 Å². The third-order valence-corrected chi connectivity index (χ3v) is 3.98. The molecule has 1 aliphatic rings. The fourth-order valence-corrected chi connectivity index (χ4v) is 2.68. The lowest BCUT2D eigenvalue weighted by atomic mass is 10.1. The molecular weight excluding hydrogens is 266 g/mol. The number of aliphatic hydroxyl groups excluding tert-OH is 1. The van der Waals surface area contributed by atoms with Crippen LogP contribution in [0.3, 0.4) is 0 Å². The number of likely N-dealkylation sites (tertiary alicyclic amines) is 1. The van der Waals surface area contributed by atoms with Crippen molar-refractivity contribution in [3.05, 3.63) is 29.8 Å². The summed E-state index contributed by atoms with van der Waals surface area (Å²) in [4.78, 5) is 14.0. The highest BCUT2D eigenvalue weighted by molar-refractivity contribution is 5.89. The Labute approximate surface area is 126 Å². The van der Waals surface area contributed by atoms with E-state index in [-0.39, 0.29) is 24.6 Å². The Morgan fingerprint density at radius 3 is 3.00 bits per heavy atom. The Morgan fingerprint density at radius 2 is 2.33 bits per heavy atom.